The van der Waals surface area contributed by atoms with Crippen LogP contribution in [0.3, 0.4) is 0 Å². The first-order chi connectivity index (χ1) is 12.9. The molecule has 2 aliphatic rings. The van der Waals surface area contributed by atoms with E-state index in [1.54, 1.807) is 18.2 Å². The molecule has 0 spiro atoms. The Labute approximate surface area is 170 Å². The molecule has 0 amide bonds. The van der Waals surface area contributed by atoms with E-state index in [0.29, 0.717) is 28.4 Å². The van der Waals surface area contributed by atoms with Crippen LogP contribution in [0.15, 0.2) is 48.5 Å². The molecule has 5 heteroatoms. The van der Waals surface area contributed by atoms with Gasteiger partial charge in [-0.25, -0.2) is 0 Å². The Morgan fingerprint density at radius 2 is 1.70 bits per heavy atom. The van der Waals surface area contributed by atoms with Gasteiger partial charge in [-0.2, -0.15) is 0 Å². The molecule has 144 valence electrons. The third-order valence-electron chi connectivity index (χ3n) is 6.07. The van der Waals surface area contributed by atoms with Gasteiger partial charge in [0.25, 0.3) is 0 Å². The van der Waals surface area contributed by atoms with Crippen molar-refractivity contribution in [2.45, 2.75) is 31.0 Å². The van der Waals surface area contributed by atoms with Crippen LogP contribution in [0.5, 0.6) is 0 Å². The summed E-state index contributed by atoms with van der Waals surface area (Å²) in [7, 11) is 0. The van der Waals surface area contributed by atoms with Crippen LogP contribution >= 0.6 is 23.2 Å². The molecular formula is C22H25Cl2NO2. The number of likely N-dealkylation sites (tertiary alicyclic amines) is 1. The average Bonchev–Trinajstić information content (AvgIpc) is 3.09. The Kier molecular flexibility index (Phi) is 5.50. The molecule has 27 heavy (non-hydrogen) atoms. The molecule has 4 atom stereocenters. The van der Waals surface area contributed by atoms with Gasteiger partial charge >= 0.3 is 0 Å². The van der Waals surface area contributed by atoms with Gasteiger partial charge in [0.05, 0.1) is 11.7 Å². The second kappa shape index (κ2) is 7.73. The molecule has 1 aliphatic heterocycles. The molecule has 3 nitrogen and oxygen atoms in total. The molecule has 2 aromatic rings. The summed E-state index contributed by atoms with van der Waals surface area (Å²) in [5.41, 5.74) is 1.32. The first-order valence-electron chi connectivity index (χ1n) is 9.53. The molecule has 1 heterocycles. The summed E-state index contributed by atoms with van der Waals surface area (Å²) in [6.45, 7) is 2.40. The number of β-amino-alcohol motifs (C(OH)–C–C–N with tert-alkyl or cyclic N) is 1. The molecule has 1 saturated heterocycles. The summed E-state index contributed by atoms with van der Waals surface area (Å²) in [5.74, 6) is 0.984. The predicted octanol–water partition coefficient (Wildman–Crippen LogP) is 4.34. The van der Waals surface area contributed by atoms with Gasteiger partial charge in [-0.15, -0.1) is 0 Å². The minimum Gasteiger partial charge on any atom is -0.390 e. The van der Waals surface area contributed by atoms with Gasteiger partial charge in [0, 0.05) is 41.7 Å². The summed E-state index contributed by atoms with van der Waals surface area (Å²) >= 11 is 12.2. The topological polar surface area (TPSA) is 43.7 Å². The van der Waals surface area contributed by atoms with Crippen LogP contribution in [-0.2, 0) is 6.42 Å². The Hall–Kier alpha value is -1.10. The smallest absolute Gasteiger partial charge is 0.0931 e. The molecule has 2 fully saturated rings. The van der Waals surface area contributed by atoms with E-state index in [9.17, 15) is 10.2 Å². The number of hydrogen-bond acceptors (Lipinski definition) is 3. The number of benzene rings is 2. The van der Waals surface area contributed by atoms with Crippen LogP contribution in [0, 0.1) is 11.8 Å². The van der Waals surface area contributed by atoms with Gasteiger partial charge in [-0.05, 0) is 42.4 Å². The van der Waals surface area contributed by atoms with Crippen LogP contribution in [0.4, 0.5) is 0 Å². The van der Waals surface area contributed by atoms with Gasteiger partial charge in [0.1, 0.15) is 0 Å². The van der Waals surface area contributed by atoms with Crippen LogP contribution in [0.25, 0.3) is 0 Å². The first-order valence-corrected chi connectivity index (χ1v) is 10.3. The lowest BCUT2D eigenvalue weighted by molar-refractivity contribution is 0.0328. The highest BCUT2D eigenvalue weighted by Gasteiger charge is 2.48. The first kappa shape index (κ1) is 19.2. The van der Waals surface area contributed by atoms with Gasteiger partial charge in [0.2, 0.25) is 0 Å². The Balaban J connectivity index is 1.34. The molecule has 2 aromatic carbocycles. The maximum atomic E-state index is 11.1. The van der Waals surface area contributed by atoms with E-state index < -0.39 is 11.7 Å². The van der Waals surface area contributed by atoms with Crippen molar-refractivity contribution in [2.24, 2.45) is 11.8 Å². The zero-order valence-corrected chi connectivity index (χ0v) is 16.7. The maximum Gasteiger partial charge on any atom is 0.0931 e. The Bertz CT molecular complexity index is 784. The largest absolute Gasteiger partial charge is 0.390 e. The summed E-state index contributed by atoms with van der Waals surface area (Å²) < 4.78 is 0. The fourth-order valence-electron chi connectivity index (χ4n) is 4.94. The van der Waals surface area contributed by atoms with Crippen molar-refractivity contribution < 1.29 is 10.2 Å². The molecule has 0 bridgehead atoms. The van der Waals surface area contributed by atoms with E-state index in [4.69, 9.17) is 23.2 Å². The van der Waals surface area contributed by atoms with Crippen molar-refractivity contribution in [3.8, 4) is 0 Å². The third kappa shape index (κ3) is 4.33. The highest BCUT2D eigenvalue weighted by Crippen LogP contribution is 2.45. The number of aliphatic hydroxyl groups is 2. The summed E-state index contributed by atoms with van der Waals surface area (Å²) in [5, 5.41) is 22.7. The van der Waals surface area contributed by atoms with Crippen LogP contribution in [0.2, 0.25) is 10.0 Å². The average molecular weight is 406 g/mol. The summed E-state index contributed by atoms with van der Waals surface area (Å²) in [6.07, 6.45) is 1.77. The SMILES string of the molecule is OC(CN1CC2C[C@@](O)(Cc3ccccc3)C[C@@H]2C1)c1ccc(Cl)cc1Cl. The maximum absolute atomic E-state index is 11.1. The van der Waals surface area contributed by atoms with Crippen molar-refractivity contribution in [2.75, 3.05) is 19.6 Å². The van der Waals surface area contributed by atoms with Crippen molar-refractivity contribution in [3.05, 3.63) is 69.7 Å². The minimum absolute atomic E-state index is 0.492. The van der Waals surface area contributed by atoms with Crippen LogP contribution in [-0.4, -0.2) is 40.3 Å². The lowest BCUT2D eigenvalue weighted by atomic mass is 9.91. The Morgan fingerprint density at radius 3 is 2.33 bits per heavy atom. The third-order valence-corrected chi connectivity index (χ3v) is 6.63. The number of rotatable bonds is 5. The van der Waals surface area contributed by atoms with E-state index in [1.165, 1.54) is 5.56 Å². The quantitative estimate of drug-likeness (QED) is 0.777. The van der Waals surface area contributed by atoms with E-state index in [0.717, 1.165) is 37.9 Å². The van der Waals surface area contributed by atoms with Gasteiger partial charge in [0.15, 0.2) is 0 Å². The second-order valence-electron chi connectivity index (χ2n) is 8.22. The fourth-order valence-corrected chi connectivity index (χ4v) is 5.48. The molecule has 2 unspecified atom stereocenters. The number of nitrogens with zero attached hydrogens (tertiary/aromatic N) is 1. The fraction of sp³-hybridized carbons (Fsp3) is 0.455. The molecule has 1 aliphatic carbocycles. The van der Waals surface area contributed by atoms with Crippen molar-refractivity contribution in [1.82, 2.24) is 4.90 Å². The monoisotopic (exact) mass is 405 g/mol. The standard InChI is InChI=1S/C22H25Cl2NO2/c23-18-6-7-19(20(24)8-18)21(26)14-25-12-16-10-22(27,11-17(16)13-25)9-15-4-2-1-3-5-15/h1-8,16-17,21,26-27H,9-14H2/t16-,17?,21?,22-/m1/s1. The number of hydrogen-bond donors (Lipinski definition) is 2. The molecule has 0 aromatic heterocycles. The normalized spacial score (nSPS) is 29.0. The number of halogens is 2. The Morgan fingerprint density at radius 1 is 1.04 bits per heavy atom. The lowest BCUT2D eigenvalue weighted by Gasteiger charge is -2.27. The number of fused-ring (bicyclic) bond motifs is 1. The zero-order valence-electron chi connectivity index (χ0n) is 15.2. The molecule has 0 radical (unpaired) electrons. The molecular weight excluding hydrogens is 381 g/mol. The highest BCUT2D eigenvalue weighted by molar-refractivity contribution is 6.35. The van der Waals surface area contributed by atoms with E-state index in [-0.39, 0.29) is 0 Å². The second-order valence-corrected chi connectivity index (χ2v) is 9.06. The number of aliphatic hydroxyl groups excluding tert-OH is 1. The van der Waals surface area contributed by atoms with E-state index >= 15 is 0 Å². The minimum atomic E-state index is -0.628. The summed E-state index contributed by atoms with van der Waals surface area (Å²) in [6, 6.07) is 15.5. The van der Waals surface area contributed by atoms with Crippen molar-refractivity contribution in [3.63, 3.8) is 0 Å². The predicted molar refractivity (Wildman–Crippen MR) is 109 cm³/mol. The van der Waals surface area contributed by atoms with Crippen molar-refractivity contribution >= 4 is 23.2 Å². The molecule has 1 saturated carbocycles. The highest BCUT2D eigenvalue weighted by atomic mass is 35.5. The molecule has 2 N–H and O–H groups in total. The summed E-state index contributed by atoms with van der Waals surface area (Å²) in [4.78, 5) is 2.30. The van der Waals surface area contributed by atoms with Crippen molar-refractivity contribution in [1.29, 1.82) is 0 Å². The van der Waals surface area contributed by atoms with E-state index in [1.807, 2.05) is 18.2 Å². The lowest BCUT2D eigenvalue weighted by Crippen LogP contribution is -2.33. The van der Waals surface area contributed by atoms with Gasteiger partial charge < -0.3 is 10.2 Å². The van der Waals surface area contributed by atoms with Crippen LogP contribution in [0.1, 0.15) is 30.1 Å². The molecule has 4 rings (SSSR count). The zero-order chi connectivity index (χ0) is 19.0. The van der Waals surface area contributed by atoms with E-state index in [2.05, 4.69) is 17.0 Å². The van der Waals surface area contributed by atoms with Gasteiger partial charge in [-0.1, -0.05) is 59.6 Å². The van der Waals surface area contributed by atoms with Crippen LogP contribution < -0.4 is 0 Å². The van der Waals surface area contributed by atoms with Gasteiger partial charge in [-0.3, -0.25) is 4.90 Å².